The van der Waals surface area contributed by atoms with Crippen molar-refractivity contribution < 1.29 is 18.9 Å². The van der Waals surface area contributed by atoms with Crippen LogP contribution < -0.4 is 0 Å². The highest BCUT2D eigenvalue weighted by molar-refractivity contribution is 7.43. The van der Waals surface area contributed by atoms with E-state index in [1.54, 1.807) is 0 Å². The molecule has 0 saturated carbocycles. The molecule has 2 N–H and O–H groups in total. The monoisotopic (exact) mass is 234 g/mol. The molecule has 14 heavy (non-hydrogen) atoms. The number of hydrogen-bond donors (Lipinski definition) is 2. The van der Waals surface area contributed by atoms with Crippen LogP contribution in [0.3, 0.4) is 0 Å². The minimum atomic E-state index is -2.53. The van der Waals surface area contributed by atoms with Crippen LogP contribution in [0.5, 0.6) is 0 Å². The van der Waals surface area contributed by atoms with E-state index in [-0.39, 0.29) is 6.16 Å². The number of hydrogen-bond acceptors (Lipinski definition) is 2. The molecule has 0 bridgehead atoms. The first-order chi connectivity index (χ1) is 6.52. The molecule has 76 valence electrons. The van der Waals surface area contributed by atoms with Crippen LogP contribution >= 0.6 is 16.1 Å². The molecule has 0 spiro atoms. The summed E-state index contributed by atoms with van der Waals surface area (Å²) < 4.78 is 21.5. The summed E-state index contributed by atoms with van der Waals surface area (Å²) in [5.74, 6) is 0. The molecule has 0 rings (SSSR count). The first-order valence-electron chi connectivity index (χ1n) is 3.76. The Labute approximate surface area is 84.4 Å². The van der Waals surface area contributed by atoms with Crippen LogP contribution in [0.4, 0.5) is 0 Å². The Morgan fingerprint density at radius 3 is 2.21 bits per heavy atom. The molecule has 3 atom stereocenters. The van der Waals surface area contributed by atoms with Crippen molar-refractivity contribution in [2.24, 2.45) is 0 Å². The quantitative estimate of drug-likeness (QED) is 0.545. The van der Waals surface area contributed by atoms with Gasteiger partial charge >= 0.3 is 16.1 Å². The van der Waals surface area contributed by atoms with E-state index >= 15 is 0 Å². The van der Waals surface area contributed by atoms with Crippen molar-refractivity contribution >= 4 is 16.1 Å². The summed E-state index contributed by atoms with van der Waals surface area (Å²) in [6.45, 7) is 6.89. The number of rotatable bonds is 6. The van der Waals surface area contributed by atoms with E-state index in [1.807, 2.05) is 0 Å². The van der Waals surface area contributed by atoms with Crippen LogP contribution in [0.25, 0.3) is 0 Å². The van der Waals surface area contributed by atoms with E-state index < -0.39 is 21.7 Å². The van der Waals surface area contributed by atoms with Gasteiger partial charge in [0.2, 0.25) is 6.16 Å². The van der Waals surface area contributed by atoms with Gasteiger partial charge in [-0.05, 0) is 9.13 Å². The molecule has 0 amide bonds. The Hall–Kier alpha value is -0.660. The fraction of sp³-hybridized carbons (Fsp3) is 0.250. The van der Waals surface area contributed by atoms with Crippen molar-refractivity contribution in [3.63, 3.8) is 0 Å². The van der Waals surface area contributed by atoms with E-state index in [0.717, 1.165) is 0 Å². The lowest BCUT2D eigenvalue weighted by molar-refractivity contribution is 0.486. The largest absolute Gasteiger partial charge is 0.518 e. The average molecular weight is 234 g/mol. The van der Waals surface area contributed by atoms with Gasteiger partial charge in [0.25, 0.3) is 5.66 Å². The van der Waals surface area contributed by atoms with Crippen LogP contribution in [-0.2, 0) is 9.13 Å². The molecule has 0 aromatic heterocycles. The topological polar surface area (TPSA) is 74.6 Å². The highest BCUT2D eigenvalue weighted by Gasteiger charge is 2.39. The van der Waals surface area contributed by atoms with Crippen molar-refractivity contribution in [3.05, 3.63) is 37.0 Å². The summed E-state index contributed by atoms with van der Waals surface area (Å²) in [6, 6.07) is 0. The fourth-order valence-electron chi connectivity index (χ4n) is 0.902. The summed E-state index contributed by atoms with van der Waals surface area (Å²) in [5, 5.41) is 0. The molecule has 0 aromatic carbocycles. The lowest BCUT2D eigenvalue weighted by atomic mass is 10.2. The second kappa shape index (κ2) is 6.74. The second-order valence-electron chi connectivity index (χ2n) is 2.46. The lowest BCUT2D eigenvalue weighted by Gasteiger charge is -1.97. The molecular weight excluding hydrogens is 222 g/mol. The van der Waals surface area contributed by atoms with Crippen LogP contribution in [0.1, 0.15) is 0 Å². The SMILES string of the molecule is C=C/C=C(\C=C)C(C[P+](=O)O)[P+](=O)O. The Balaban J connectivity index is 4.87. The molecule has 0 radical (unpaired) electrons. The van der Waals surface area contributed by atoms with Gasteiger partial charge in [0.15, 0.2) is 0 Å². The summed E-state index contributed by atoms with van der Waals surface area (Å²) >= 11 is 0. The molecule has 0 aromatic rings. The second-order valence-corrected chi connectivity index (χ2v) is 4.76. The zero-order chi connectivity index (χ0) is 11.1. The molecule has 0 aliphatic heterocycles. The van der Waals surface area contributed by atoms with Crippen LogP contribution in [0, 0.1) is 0 Å². The predicted octanol–water partition coefficient (Wildman–Crippen LogP) is 2.12. The minimum Gasteiger partial charge on any atom is -0.161 e. The van der Waals surface area contributed by atoms with E-state index in [9.17, 15) is 9.13 Å². The normalized spacial score (nSPS) is 15.7. The molecule has 4 nitrogen and oxygen atoms in total. The first-order valence-corrected chi connectivity index (χ1v) is 6.44. The molecule has 0 aliphatic rings. The fourth-order valence-corrected chi connectivity index (χ4v) is 2.83. The van der Waals surface area contributed by atoms with Gasteiger partial charge in [-0.25, -0.2) is 0 Å². The maximum absolute atomic E-state index is 10.9. The summed E-state index contributed by atoms with van der Waals surface area (Å²) in [6.07, 6.45) is 4.08. The maximum Gasteiger partial charge on any atom is 0.518 e. The molecular formula is C8H12O4P2+2. The third kappa shape index (κ3) is 4.54. The van der Waals surface area contributed by atoms with Crippen LogP contribution in [0.2, 0.25) is 0 Å². The molecule has 6 heteroatoms. The Morgan fingerprint density at radius 1 is 1.36 bits per heavy atom. The van der Waals surface area contributed by atoms with Gasteiger partial charge in [0.1, 0.15) is 0 Å². The van der Waals surface area contributed by atoms with E-state index in [2.05, 4.69) is 13.2 Å². The molecule has 0 heterocycles. The van der Waals surface area contributed by atoms with Gasteiger partial charge < -0.3 is 0 Å². The first kappa shape index (κ1) is 13.3. The predicted molar refractivity (Wildman–Crippen MR) is 56.8 cm³/mol. The van der Waals surface area contributed by atoms with Crippen molar-refractivity contribution in [1.82, 2.24) is 0 Å². The van der Waals surface area contributed by atoms with Gasteiger partial charge in [0.05, 0.1) is 0 Å². The molecule has 0 saturated heterocycles. The van der Waals surface area contributed by atoms with Gasteiger partial charge in [-0.15, -0.1) is 0 Å². The van der Waals surface area contributed by atoms with E-state index in [1.165, 1.54) is 18.2 Å². The Morgan fingerprint density at radius 2 is 1.93 bits per heavy atom. The third-order valence-electron chi connectivity index (χ3n) is 1.53. The van der Waals surface area contributed by atoms with Crippen molar-refractivity contribution in [3.8, 4) is 0 Å². The van der Waals surface area contributed by atoms with Gasteiger partial charge in [0, 0.05) is 5.57 Å². The molecule has 3 unspecified atom stereocenters. The van der Waals surface area contributed by atoms with Crippen molar-refractivity contribution in [2.45, 2.75) is 5.66 Å². The van der Waals surface area contributed by atoms with E-state index in [0.29, 0.717) is 5.57 Å². The zero-order valence-electron chi connectivity index (χ0n) is 7.54. The highest BCUT2D eigenvalue weighted by atomic mass is 31.1. The average Bonchev–Trinajstić information content (AvgIpc) is 2.10. The van der Waals surface area contributed by atoms with Gasteiger partial charge in [-0.3, -0.25) is 0 Å². The van der Waals surface area contributed by atoms with Crippen LogP contribution in [-0.4, -0.2) is 21.6 Å². The Bertz CT molecular complexity index is 296. The van der Waals surface area contributed by atoms with Crippen molar-refractivity contribution in [2.75, 3.05) is 6.16 Å². The standard InChI is InChI=1S/C8H10O4P2/c1-3-5-7(4-2)8(14(11)12)6-13(9)10/h3-5,8H,1-2,6H2/p+2/b7-5+. The highest BCUT2D eigenvalue weighted by Crippen LogP contribution is 2.35. The molecule has 0 fully saturated rings. The van der Waals surface area contributed by atoms with Gasteiger partial charge in [-0.1, -0.05) is 31.4 Å². The van der Waals surface area contributed by atoms with E-state index in [4.69, 9.17) is 9.79 Å². The number of allylic oxidation sites excluding steroid dienone is 4. The summed E-state index contributed by atoms with van der Waals surface area (Å²) in [5.41, 5.74) is -0.407. The minimum absolute atomic E-state index is 0.243. The zero-order valence-corrected chi connectivity index (χ0v) is 9.32. The summed E-state index contributed by atoms with van der Waals surface area (Å²) in [4.78, 5) is 17.6. The molecule has 0 aliphatic carbocycles. The van der Waals surface area contributed by atoms with Gasteiger partial charge in [-0.2, -0.15) is 9.79 Å². The van der Waals surface area contributed by atoms with Crippen LogP contribution in [0.15, 0.2) is 37.0 Å². The third-order valence-corrected chi connectivity index (χ3v) is 3.51. The smallest absolute Gasteiger partial charge is 0.161 e. The van der Waals surface area contributed by atoms with Crippen molar-refractivity contribution in [1.29, 1.82) is 0 Å². The summed E-state index contributed by atoms with van der Waals surface area (Å²) in [7, 11) is -4.97. The maximum atomic E-state index is 10.9. The Kier molecular flexibility index (Phi) is 6.43. The lowest BCUT2D eigenvalue weighted by Crippen LogP contribution is -2.08.